The van der Waals surface area contributed by atoms with Crippen LogP contribution in [0.15, 0.2) is 29.2 Å². The second-order valence-electron chi connectivity index (χ2n) is 9.28. The average molecular weight is 518 g/mol. The summed E-state index contributed by atoms with van der Waals surface area (Å²) in [5.74, 6) is 0.176. The molecule has 184 valence electrons. The van der Waals surface area contributed by atoms with E-state index in [1.165, 1.54) is 16.4 Å². The zero-order chi connectivity index (χ0) is 23.6. The van der Waals surface area contributed by atoms with Gasteiger partial charge >= 0.3 is 0 Å². The van der Waals surface area contributed by atoms with Gasteiger partial charge in [-0.05, 0) is 43.5 Å². The fourth-order valence-corrected chi connectivity index (χ4v) is 8.48. The molecule has 2 saturated heterocycles. The Morgan fingerprint density at radius 3 is 2.18 bits per heavy atom. The van der Waals surface area contributed by atoms with Crippen LogP contribution in [0.1, 0.15) is 38.5 Å². The summed E-state index contributed by atoms with van der Waals surface area (Å²) in [6.45, 7) is 1.72. The first kappa shape index (κ1) is 24.9. The quantitative estimate of drug-likeness (QED) is 0.572. The lowest BCUT2D eigenvalue weighted by Gasteiger charge is -2.40. The average Bonchev–Trinajstić information content (AvgIpc) is 3.14. The van der Waals surface area contributed by atoms with E-state index in [2.05, 4.69) is 0 Å². The molecule has 8 nitrogen and oxygen atoms in total. The van der Waals surface area contributed by atoms with Gasteiger partial charge in [0.25, 0.3) is 0 Å². The SMILES string of the molecule is O=C(CN1CCN(S(=O)(=O)c2ccc(Cl)cc2)CC1)N(C1CCCCC1)C1CCS(=O)(=O)C1. The van der Waals surface area contributed by atoms with E-state index in [0.29, 0.717) is 37.6 Å². The third-order valence-electron chi connectivity index (χ3n) is 7.00. The normalized spacial score (nSPS) is 25.2. The van der Waals surface area contributed by atoms with Crippen LogP contribution in [0.25, 0.3) is 0 Å². The van der Waals surface area contributed by atoms with E-state index in [1.54, 1.807) is 12.1 Å². The highest BCUT2D eigenvalue weighted by Crippen LogP contribution is 2.29. The number of halogens is 1. The summed E-state index contributed by atoms with van der Waals surface area (Å²) in [5, 5.41) is 0.481. The molecule has 0 spiro atoms. The molecule has 0 aromatic heterocycles. The summed E-state index contributed by atoms with van der Waals surface area (Å²) < 4.78 is 51.4. The maximum absolute atomic E-state index is 13.4. The maximum atomic E-state index is 13.4. The summed E-state index contributed by atoms with van der Waals surface area (Å²) >= 11 is 5.87. The molecule has 1 aromatic rings. The van der Waals surface area contributed by atoms with Crippen LogP contribution in [-0.4, -0.2) is 93.2 Å². The van der Waals surface area contributed by atoms with Crippen LogP contribution in [0.4, 0.5) is 0 Å². The molecule has 0 N–H and O–H groups in total. The predicted octanol–water partition coefficient (Wildman–Crippen LogP) is 1.99. The van der Waals surface area contributed by atoms with Gasteiger partial charge in [-0.3, -0.25) is 9.69 Å². The lowest BCUT2D eigenvalue weighted by atomic mass is 9.92. The Morgan fingerprint density at radius 2 is 1.61 bits per heavy atom. The van der Waals surface area contributed by atoms with E-state index in [9.17, 15) is 21.6 Å². The zero-order valence-electron chi connectivity index (χ0n) is 18.7. The highest BCUT2D eigenvalue weighted by atomic mass is 35.5. The van der Waals surface area contributed by atoms with Crippen LogP contribution in [-0.2, 0) is 24.7 Å². The Labute approximate surface area is 201 Å². The molecule has 1 unspecified atom stereocenters. The Balaban J connectivity index is 1.39. The summed E-state index contributed by atoms with van der Waals surface area (Å²) in [5.41, 5.74) is 0. The van der Waals surface area contributed by atoms with Crippen LogP contribution in [0.2, 0.25) is 5.02 Å². The van der Waals surface area contributed by atoms with E-state index < -0.39 is 19.9 Å². The summed E-state index contributed by atoms with van der Waals surface area (Å²) in [4.78, 5) is 17.5. The third-order valence-corrected chi connectivity index (χ3v) is 10.9. The number of piperazine rings is 1. The highest BCUT2D eigenvalue weighted by molar-refractivity contribution is 7.91. The number of amides is 1. The van der Waals surface area contributed by atoms with Gasteiger partial charge < -0.3 is 4.90 Å². The maximum Gasteiger partial charge on any atom is 0.243 e. The number of benzene rings is 1. The Hall–Kier alpha value is -1.20. The van der Waals surface area contributed by atoms with Crippen molar-refractivity contribution in [1.29, 1.82) is 0 Å². The molecule has 4 rings (SSSR count). The monoisotopic (exact) mass is 517 g/mol. The first-order valence-corrected chi connectivity index (χ1v) is 15.3. The summed E-state index contributed by atoms with van der Waals surface area (Å²) in [6, 6.07) is 6.00. The van der Waals surface area contributed by atoms with Crippen molar-refractivity contribution in [3.8, 4) is 0 Å². The molecule has 1 atom stereocenters. The van der Waals surface area contributed by atoms with Gasteiger partial charge in [-0.1, -0.05) is 30.9 Å². The van der Waals surface area contributed by atoms with Crippen LogP contribution in [0.3, 0.4) is 0 Å². The third kappa shape index (κ3) is 5.90. The molecule has 2 heterocycles. The molecule has 3 aliphatic rings. The van der Waals surface area contributed by atoms with Gasteiger partial charge in [0.2, 0.25) is 15.9 Å². The largest absolute Gasteiger partial charge is 0.335 e. The first-order valence-electron chi connectivity index (χ1n) is 11.7. The number of sulfonamides is 1. The number of hydrogen-bond acceptors (Lipinski definition) is 6. The minimum Gasteiger partial charge on any atom is -0.335 e. The van der Waals surface area contributed by atoms with Gasteiger partial charge in [-0.25, -0.2) is 16.8 Å². The van der Waals surface area contributed by atoms with Crippen molar-refractivity contribution in [3.63, 3.8) is 0 Å². The number of carbonyl (C=O) groups excluding carboxylic acids is 1. The van der Waals surface area contributed by atoms with Crippen molar-refractivity contribution >= 4 is 37.4 Å². The van der Waals surface area contributed by atoms with Gasteiger partial charge in [0.1, 0.15) is 0 Å². The number of hydrogen-bond donors (Lipinski definition) is 0. The number of sulfone groups is 1. The number of rotatable bonds is 6. The number of nitrogens with zero attached hydrogens (tertiary/aromatic N) is 3. The van der Waals surface area contributed by atoms with Gasteiger partial charge in [0.05, 0.1) is 22.9 Å². The van der Waals surface area contributed by atoms with E-state index in [0.717, 1.165) is 32.1 Å². The molecule has 0 radical (unpaired) electrons. The first-order chi connectivity index (χ1) is 15.7. The molecular formula is C22H32ClN3O5S2. The molecule has 3 fully saturated rings. The second-order valence-corrected chi connectivity index (χ2v) is 13.9. The van der Waals surface area contributed by atoms with Crippen LogP contribution < -0.4 is 0 Å². The van der Waals surface area contributed by atoms with Crippen molar-refractivity contribution in [2.24, 2.45) is 0 Å². The van der Waals surface area contributed by atoms with Crippen LogP contribution in [0, 0.1) is 0 Å². The minimum absolute atomic E-state index is 0.0296. The Kier molecular flexibility index (Phi) is 7.69. The van der Waals surface area contributed by atoms with Crippen molar-refractivity contribution in [1.82, 2.24) is 14.1 Å². The lowest BCUT2D eigenvalue weighted by molar-refractivity contribution is -0.138. The van der Waals surface area contributed by atoms with Gasteiger partial charge in [0, 0.05) is 43.3 Å². The van der Waals surface area contributed by atoms with E-state index in [1.807, 2.05) is 9.80 Å². The van der Waals surface area contributed by atoms with Crippen molar-refractivity contribution in [2.45, 2.75) is 55.5 Å². The van der Waals surface area contributed by atoms with Gasteiger partial charge in [-0.2, -0.15) is 4.31 Å². The molecule has 0 bridgehead atoms. The topological polar surface area (TPSA) is 95.1 Å². The van der Waals surface area contributed by atoms with E-state index in [4.69, 9.17) is 11.6 Å². The van der Waals surface area contributed by atoms with E-state index >= 15 is 0 Å². The molecule has 33 heavy (non-hydrogen) atoms. The van der Waals surface area contributed by atoms with E-state index in [-0.39, 0.29) is 40.9 Å². The molecule has 1 aliphatic carbocycles. The zero-order valence-corrected chi connectivity index (χ0v) is 21.1. The fraction of sp³-hybridized carbons (Fsp3) is 0.682. The van der Waals surface area contributed by atoms with Crippen LogP contribution in [0.5, 0.6) is 0 Å². The standard InChI is InChI=1S/C22H32ClN3O5S2/c23-18-6-8-21(9-7-18)33(30,31)25-13-11-24(12-14-25)16-22(27)26(19-4-2-1-3-5-19)20-10-15-32(28,29)17-20/h6-9,19-20H,1-5,10-17H2. The summed E-state index contributed by atoms with van der Waals surface area (Å²) in [6.07, 6.45) is 5.65. The van der Waals surface area contributed by atoms with Crippen molar-refractivity contribution in [3.05, 3.63) is 29.3 Å². The molecule has 2 aliphatic heterocycles. The number of carbonyl (C=O) groups is 1. The summed E-state index contributed by atoms with van der Waals surface area (Å²) in [7, 11) is -6.69. The van der Waals surface area contributed by atoms with Crippen molar-refractivity contribution < 1.29 is 21.6 Å². The molecule has 1 amide bonds. The lowest BCUT2D eigenvalue weighted by Crippen LogP contribution is -2.55. The predicted molar refractivity (Wildman–Crippen MR) is 127 cm³/mol. The molecule has 1 aromatic carbocycles. The smallest absolute Gasteiger partial charge is 0.243 e. The highest BCUT2D eigenvalue weighted by Gasteiger charge is 2.39. The molecular weight excluding hydrogens is 486 g/mol. The van der Waals surface area contributed by atoms with Crippen LogP contribution >= 0.6 is 11.6 Å². The molecule has 11 heteroatoms. The fourth-order valence-electron chi connectivity index (χ4n) is 5.22. The van der Waals surface area contributed by atoms with Gasteiger partial charge in [0.15, 0.2) is 9.84 Å². The Morgan fingerprint density at radius 1 is 0.970 bits per heavy atom. The Bertz CT molecular complexity index is 1050. The second kappa shape index (κ2) is 10.2. The minimum atomic E-state index is -3.60. The van der Waals surface area contributed by atoms with Crippen molar-refractivity contribution in [2.75, 3.05) is 44.2 Å². The molecule has 1 saturated carbocycles. The van der Waals surface area contributed by atoms with Gasteiger partial charge in [-0.15, -0.1) is 0 Å².